The van der Waals surface area contributed by atoms with E-state index in [4.69, 9.17) is 19.9 Å². The average Bonchev–Trinajstić information content (AvgIpc) is 2.78. The first-order chi connectivity index (χ1) is 14.6. The summed E-state index contributed by atoms with van der Waals surface area (Å²) in [7, 11) is 3.15. The number of nitrogens with two attached hydrogens (primary N) is 1. The molecule has 1 aliphatic carbocycles. The lowest BCUT2D eigenvalue weighted by Gasteiger charge is -2.37. The van der Waals surface area contributed by atoms with E-state index in [1.807, 2.05) is 36.4 Å². The van der Waals surface area contributed by atoms with Gasteiger partial charge in [0.15, 0.2) is 11.7 Å². The number of ketones is 1. The van der Waals surface area contributed by atoms with Gasteiger partial charge in [-0.3, -0.25) is 4.79 Å². The molecule has 6 heteroatoms. The molecule has 2 unspecified atom stereocenters. The highest BCUT2D eigenvalue weighted by Crippen LogP contribution is 2.51. The standard InChI is InChI=1S/C24H22N2O4/c1-28-15-8-9-16-17(12-15)26-24(29-2)22-20(16)21-18(27)10-14(11-19(21)30-23(22)25)13-6-4-3-5-7-13/h3-9,12,14,20H,10-11,25H2,1-2H3. The lowest BCUT2D eigenvalue weighted by molar-refractivity contribution is -0.117. The molecule has 0 spiro atoms. The second-order valence-corrected chi connectivity index (χ2v) is 7.63. The van der Waals surface area contributed by atoms with Crippen LogP contribution in [-0.4, -0.2) is 25.9 Å². The first-order valence-electron chi connectivity index (χ1n) is 9.90. The van der Waals surface area contributed by atoms with Crippen molar-refractivity contribution < 1.29 is 19.0 Å². The van der Waals surface area contributed by atoms with Crippen LogP contribution in [0.1, 0.15) is 35.8 Å². The van der Waals surface area contributed by atoms with Gasteiger partial charge in [-0.05, 0) is 23.1 Å². The van der Waals surface area contributed by atoms with Gasteiger partial charge in [-0.25, -0.2) is 4.99 Å². The number of hydrogen-bond acceptors (Lipinski definition) is 6. The van der Waals surface area contributed by atoms with E-state index in [9.17, 15) is 4.79 Å². The van der Waals surface area contributed by atoms with Crippen molar-refractivity contribution in [2.24, 2.45) is 10.7 Å². The second kappa shape index (κ2) is 7.06. The molecule has 0 radical (unpaired) electrons. The van der Waals surface area contributed by atoms with E-state index >= 15 is 0 Å². The number of carbonyl (C=O) groups excluding carboxylic acids is 1. The highest BCUT2D eigenvalue weighted by Gasteiger charge is 2.44. The zero-order valence-corrected chi connectivity index (χ0v) is 16.8. The molecular weight excluding hydrogens is 380 g/mol. The van der Waals surface area contributed by atoms with Gasteiger partial charge < -0.3 is 19.9 Å². The molecule has 0 saturated heterocycles. The van der Waals surface area contributed by atoms with Crippen LogP contribution in [-0.2, 0) is 14.3 Å². The first-order valence-corrected chi connectivity index (χ1v) is 9.90. The third-order valence-corrected chi connectivity index (χ3v) is 6.01. The highest BCUT2D eigenvalue weighted by molar-refractivity contribution is 6.07. The number of methoxy groups -OCH3 is 2. The molecule has 0 fully saturated rings. The predicted molar refractivity (Wildman–Crippen MR) is 113 cm³/mol. The van der Waals surface area contributed by atoms with Crippen LogP contribution < -0.4 is 10.5 Å². The molecule has 0 aromatic heterocycles. The minimum absolute atomic E-state index is 0.0687. The number of carbonyl (C=O) groups is 1. The average molecular weight is 402 g/mol. The fraction of sp³-hybridized carbons (Fsp3) is 0.250. The molecule has 0 saturated carbocycles. The molecular formula is C24H22N2O4. The van der Waals surface area contributed by atoms with Gasteiger partial charge in [-0.15, -0.1) is 0 Å². The topological polar surface area (TPSA) is 83.1 Å². The maximum absolute atomic E-state index is 13.4. The fourth-order valence-electron chi connectivity index (χ4n) is 4.61. The molecule has 2 N–H and O–H groups in total. The summed E-state index contributed by atoms with van der Waals surface area (Å²) in [6.07, 6.45) is 1.06. The quantitative estimate of drug-likeness (QED) is 0.819. The second-order valence-electron chi connectivity index (χ2n) is 7.63. The Labute approximate surface area is 174 Å². The molecule has 2 aromatic carbocycles. The minimum atomic E-state index is -0.355. The number of aliphatic imine (C=N–C) groups is 1. The summed E-state index contributed by atoms with van der Waals surface area (Å²) in [5, 5.41) is 0. The fourth-order valence-corrected chi connectivity index (χ4v) is 4.61. The molecule has 2 aromatic rings. The summed E-state index contributed by atoms with van der Waals surface area (Å²) >= 11 is 0. The van der Waals surface area contributed by atoms with E-state index in [0.717, 1.165) is 11.1 Å². The van der Waals surface area contributed by atoms with E-state index in [2.05, 4.69) is 17.1 Å². The van der Waals surface area contributed by atoms with Crippen molar-refractivity contribution in [3.63, 3.8) is 0 Å². The lowest BCUT2D eigenvalue weighted by atomic mass is 9.72. The van der Waals surface area contributed by atoms with Gasteiger partial charge in [0.2, 0.25) is 5.90 Å². The molecule has 0 amide bonds. The van der Waals surface area contributed by atoms with Gasteiger partial charge in [-0.2, -0.15) is 0 Å². The molecule has 6 nitrogen and oxygen atoms in total. The van der Waals surface area contributed by atoms with Gasteiger partial charge in [0, 0.05) is 24.5 Å². The van der Waals surface area contributed by atoms with Crippen molar-refractivity contribution >= 4 is 17.4 Å². The minimum Gasteiger partial charge on any atom is -0.497 e. The molecule has 3 aliphatic rings. The summed E-state index contributed by atoms with van der Waals surface area (Å²) in [5.74, 6) is 1.72. The Hall–Kier alpha value is -3.54. The van der Waals surface area contributed by atoms with Crippen molar-refractivity contribution in [2.45, 2.75) is 24.7 Å². The van der Waals surface area contributed by atoms with Crippen molar-refractivity contribution in [3.8, 4) is 5.75 Å². The summed E-state index contributed by atoms with van der Waals surface area (Å²) in [6, 6.07) is 15.7. The summed E-state index contributed by atoms with van der Waals surface area (Å²) < 4.78 is 16.9. The summed E-state index contributed by atoms with van der Waals surface area (Å²) in [6.45, 7) is 0. The molecule has 0 bridgehead atoms. The molecule has 2 atom stereocenters. The summed E-state index contributed by atoms with van der Waals surface area (Å²) in [4.78, 5) is 18.0. The van der Waals surface area contributed by atoms with E-state index in [1.165, 1.54) is 0 Å². The Morgan fingerprint density at radius 2 is 1.83 bits per heavy atom. The van der Waals surface area contributed by atoms with Gasteiger partial charge in [0.1, 0.15) is 11.5 Å². The third kappa shape index (κ3) is 2.79. The van der Waals surface area contributed by atoms with Crippen molar-refractivity contribution in [1.29, 1.82) is 0 Å². The van der Waals surface area contributed by atoms with Crippen molar-refractivity contribution in [3.05, 3.63) is 82.4 Å². The number of Topliss-reactive ketones (excluding diaryl/α,β-unsaturated/α-hetero) is 1. The number of benzene rings is 2. The zero-order valence-electron chi connectivity index (χ0n) is 16.8. The van der Waals surface area contributed by atoms with Crippen molar-refractivity contribution in [1.82, 2.24) is 0 Å². The molecule has 5 rings (SSSR count). The van der Waals surface area contributed by atoms with Crippen LogP contribution in [0.5, 0.6) is 5.75 Å². The van der Waals surface area contributed by atoms with Crippen LogP contribution >= 0.6 is 0 Å². The largest absolute Gasteiger partial charge is 0.497 e. The van der Waals surface area contributed by atoms with Crippen molar-refractivity contribution in [2.75, 3.05) is 14.2 Å². The summed E-state index contributed by atoms with van der Waals surface area (Å²) in [5.41, 5.74) is 10.3. The van der Waals surface area contributed by atoms with Crippen LogP contribution in [0, 0.1) is 0 Å². The Kier molecular flexibility index (Phi) is 4.35. The van der Waals surface area contributed by atoms with Gasteiger partial charge in [0.25, 0.3) is 0 Å². The van der Waals surface area contributed by atoms with Gasteiger partial charge in [0.05, 0.1) is 31.4 Å². The Balaban J connectivity index is 1.64. The highest BCUT2D eigenvalue weighted by atomic mass is 16.5. The molecule has 2 heterocycles. The monoisotopic (exact) mass is 402 g/mol. The van der Waals surface area contributed by atoms with Gasteiger partial charge in [-0.1, -0.05) is 36.4 Å². The first kappa shape index (κ1) is 18.5. The van der Waals surface area contributed by atoms with E-state index in [1.54, 1.807) is 14.2 Å². The Bertz CT molecular complexity index is 1130. The maximum atomic E-state index is 13.4. The van der Waals surface area contributed by atoms with Crippen LogP contribution in [0.2, 0.25) is 0 Å². The van der Waals surface area contributed by atoms with Gasteiger partial charge >= 0.3 is 0 Å². The number of rotatable bonds is 2. The maximum Gasteiger partial charge on any atom is 0.223 e. The molecule has 152 valence electrons. The number of ether oxygens (including phenoxy) is 3. The molecule has 30 heavy (non-hydrogen) atoms. The number of hydrogen-bond donors (Lipinski definition) is 1. The van der Waals surface area contributed by atoms with E-state index < -0.39 is 0 Å². The smallest absolute Gasteiger partial charge is 0.223 e. The number of allylic oxidation sites excluding steroid dienone is 2. The van der Waals surface area contributed by atoms with Crippen LogP contribution in [0.25, 0.3) is 0 Å². The Morgan fingerprint density at radius 3 is 2.57 bits per heavy atom. The lowest BCUT2D eigenvalue weighted by Crippen LogP contribution is -2.34. The van der Waals surface area contributed by atoms with E-state index in [0.29, 0.717) is 47.1 Å². The SMILES string of the molecule is COC1=Nc2cc(OC)ccc2C2C1=C(N)OC1=C2C(=O)CC(c2ccccc2)C1. The normalized spacial score (nSPS) is 22.5. The third-order valence-electron chi connectivity index (χ3n) is 6.01. The zero-order chi connectivity index (χ0) is 20.8. The predicted octanol–water partition coefficient (Wildman–Crippen LogP) is 4.07. The van der Waals surface area contributed by atoms with Crippen LogP contribution in [0.15, 0.2) is 76.3 Å². The number of fused-ring (bicyclic) bond motifs is 4. The van der Waals surface area contributed by atoms with E-state index in [-0.39, 0.29) is 23.5 Å². The molecule has 2 aliphatic heterocycles. The van der Waals surface area contributed by atoms with Crippen LogP contribution in [0.4, 0.5) is 5.69 Å². The Morgan fingerprint density at radius 1 is 1.03 bits per heavy atom. The number of nitrogens with zero attached hydrogens (tertiary/aromatic N) is 1. The van der Waals surface area contributed by atoms with Crippen LogP contribution in [0.3, 0.4) is 0 Å².